The quantitative estimate of drug-likeness (QED) is 0.557. The lowest BCUT2D eigenvalue weighted by Crippen LogP contribution is -2.41. The van der Waals surface area contributed by atoms with Crippen molar-refractivity contribution in [1.29, 1.82) is 0 Å². The molecule has 1 saturated carbocycles. The topological polar surface area (TPSA) is 75.9 Å². The Balaban J connectivity index is 1.18. The fraction of sp³-hybridized carbons (Fsp3) is 0.560. The number of hydrogen-bond donors (Lipinski definition) is 0. The first-order valence-corrected chi connectivity index (χ1v) is 11.6. The maximum Gasteiger partial charge on any atom is 0.360 e. The molecule has 2 fully saturated rings. The lowest BCUT2D eigenvalue weighted by Gasteiger charge is -2.35. The van der Waals surface area contributed by atoms with Crippen LogP contribution in [0, 0.1) is 5.92 Å². The summed E-state index contributed by atoms with van der Waals surface area (Å²) in [7, 11) is 1.34. The van der Waals surface area contributed by atoms with Gasteiger partial charge in [0.25, 0.3) is 0 Å². The van der Waals surface area contributed by atoms with Gasteiger partial charge in [-0.25, -0.2) is 9.78 Å². The molecule has 2 unspecified atom stereocenters. The molecule has 7 nitrogen and oxygen atoms in total. The summed E-state index contributed by atoms with van der Waals surface area (Å²) in [6, 6.07) is 10.9. The zero-order chi connectivity index (χ0) is 22.5. The standard InChI is InChI=1S/C25H33N3O4/c1-18(29)28(23-15-21(23)20-7-4-3-5-8-20)16-19-10-13-27(14-11-19)12-6-9-24-26-22(17-32-24)25(30)31-2/h3-5,7-8,17,19,21,23H,6,9-16H2,1-2H3. The van der Waals surface area contributed by atoms with Crippen LogP contribution < -0.4 is 0 Å². The van der Waals surface area contributed by atoms with Crippen LogP contribution in [-0.4, -0.2) is 66.0 Å². The predicted octanol–water partition coefficient (Wildman–Crippen LogP) is 3.51. The minimum absolute atomic E-state index is 0.202. The van der Waals surface area contributed by atoms with Gasteiger partial charge in [-0.1, -0.05) is 30.3 Å². The molecule has 1 aliphatic heterocycles. The summed E-state index contributed by atoms with van der Waals surface area (Å²) in [6.07, 6.45) is 6.33. The third-order valence-corrected chi connectivity index (χ3v) is 6.76. The number of rotatable bonds is 9. The summed E-state index contributed by atoms with van der Waals surface area (Å²) in [6.45, 7) is 5.69. The Kier molecular flexibility index (Phi) is 7.25. The summed E-state index contributed by atoms with van der Waals surface area (Å²) >= 11 is 0. The molecule has 172 valence electrons. The summed E-state index contributed by atoms with van der Waals surface area (Å²) < 4.78 is 10.0. The van der Waals surface area contributed by atoms with Crippen LogP contribution in [0.5, 0.6) is 0 Å². The van der Waals surface area contributed by atoms with E-state index >= 15 is 0 Å². The van der Waals surface area contributed by atoms with Crippen molar-refractivity contribution in [2.45, 2.75) is 51.0 Å². The third-order valence-electron chi connectivity index (χ3n) is 6.76. The molecule has 1 saturated heterocycles. The molecule has 1 aromatic carbocycles. The van der Waals surface area contributed by atoms with E-state index in [-0.39, 0.29) is 11.6 Å². The van der Waals surface area contributed by atoms with Crippen LogP contribution in [-0.2, 0) is 16.0 Å². The van der Waals surface area contributed by atoms with E-state index in [1.54, 1.807) is 6.92 Å². The van der Waals surface area contributed by atoms with Gasteiger partial charge in [0, 0.05) is 31.8 Å². The van der Waals surface area contributed by atoms with Crippen LogP contribution in [0.15, 0.2) is 41.0 Å². The second-order valence-electron chi connectivity index (χ2n) is 9.00. The Labute approximate surface area is 189 Å². The first-order valence-electron chi connectivity index (χ1n) is 11.6. The van der Waals surface area contributed by atoms with Gasteiger partial charge in [0.05, 0.1) is 7.11 Å². The van der Waals surface area contributed by atoms with E-state index in [0.717, 1.165) is 51.9 Å². The smallest absolute Gasteiger partial charge is 0.360 e. The Morgan fingerprint density at radius 3 is 2.66 bits per heavy atom. The van der Waals surface area contributed by atoms with Crippen LogP contribution in [0.25, 0.3) is 0 Å². The number of carbonyl (C=O) groups is 2. The van der Waals surface area contributed by atoms with E-state index in [0.29, 0.717) is 30.2 Å². The van der Waals surface area contributed by atoms with E-state index in [9.17, 15) is 9.59 Å². The van der Waals surface area contributed by atoms with Crippen molar-refractivity contribution in [1.82, 2.24) is 14.8 Å². The highest BCUT2D eigenvalue weighted by atomic mass is 16.5. The van der Waals surface area contributed by atoms with Crippen molar-refractivity contribution in [2.24, 2.45) is 5.92 Å². The molecule has 0 spiro atoms. The van der Waals surface area contributed by atoms with Gasteiger partial charge in [-0.15, -0.1) is 0 Å². The molecule has 2 aliphatic rings. The van der Waals surface area contributed by atoms with Crippen molar-refractivity contribution in [2.75, 3.05) is 33.3 Å². The second kappa shape index (κ2) is 10.3. The minimum atomic E-state index is -0.469. The number of oxazole rings is 1. The van der Waals surface area contributed by atoms with Gasteiger partial charge in [0.2, 0.25) is 5.91 Å². The molecule has 2 atom stereocenters. The summed E-state index contributed by atoms with van der Waals surface area (Å²) in [4.78, 5) is 32.6. The zero-order valence-electron chi connectivity index (χ0n) is 19.0. The molecule has 7 heteroatoms. The maximum absolute atomic E-state index is 12.4. The van der Waals surface area contributed by atoms with Gasteiger partial charge >= 0.3 is 5.97 Å². The zero-order valence-corrected chi connectivity index (χ0v) is 19.0. The normalized spacial score (nSPS) is 21.3. The van der Waals surface area contributed by atoms with Gasteiger partial charge in [-0.2, -0.15) is 0 Å². The van der Waals surface area contributed by atoms with Crippen molar-refractivity contribution in [3.63, 3.8) is 0 Å². The second-order valence-corrected chi connectivity index (χ2v) is 9.00. The number of esters is 1. The van der Waals surface area contributed by atoms with Gasteiger partial charge in [0.1, 0.15) is 6.26 Å². The molecule has 2 heterocycles. The summed E-state index contributed by atoms with van der Waals surface area (Å²) in [5.74, 6) is 1.38. The molecule has 0 bridgehead atoms. The molecule has 1 aliphatic carbocycles. The van der Waals surface area contributed by atoms with Crippen LogP contribution >= 0.6 is 0 Å². The van der Waals surface area contributed by atoms with Crippen LogP contribution in [0.4, 0.5) is 0 Å². The van der Waals surface area contributed by atoms with E-state index in [2.05, 4.69) is 43.8 Å². The summed E-state index contributed by atoms with van der Waals surface area (Å²) in [5.41, 5.74) is 1.58. The Morgan fingerprint density at radius 1 is 1.22 bits per heavy atom. The number of carbonyl (C=O) groups excluding carboxylic acids is 2. The fourth-order valence-electron chi connectivity index (χ4n) is 4.83. The van der Waals surface area contributed by atoms with Crippen molar-refractivity contribution in [3.05, 3.63) is 53.7 Å². The maximum atomic E-state index is 12.4. The first kappa shape index (κ1) is 22.5. The number of likely N-dealkylation sites (tertiary alicyclic amines) is 1. The lowest BCUT2D eigenvalue weighted by molar-refractivity contribution is -0.130. The van der Waals surface area contributed by atoms with Crippen molar-refractivity contribution < 1.29 is 18.7 Å². The molecule has 32 heavy (non-hydrogen) atoms. The highest BCUT2D eigenvalue weighted by molar-refractivity contribution is 5.86. The van der Waals surface area contributed by atoms with Crippen molar-refractivity contribution >= 4 is 11.9 Å². The lowest BCUT2D eigenvalue weighted by atomic mass is 9.95. The Morgan fingerprint density at radius 2 is 1.97 bits per heavy atom. The number of amides is 1. The van der Waals surface area contributed by atoms with E-state index < -0.39 is 5.97 Å². The number of benzene rings is 1. The molecular weight excluding hydrogens is 406 g/mol. The highest BCUT2D eigenvalue weighted by Crippen LogP contribution is 2.45. The molecule has 0 N–H and O–H groups in total. The Bertz CT molecular complexity index is 905. The van der Waals surface area contributed by atoms with Gasteiger partial charge in [0.15, 0.2) is 11.6 Å². The van der Waals surface area contributed by atoms with Gasteiger partial charge in [-0.3, -0.25) is 4.79 Å². The van der Waals surface area contributed by atoms with E-state index in [1.807, 2.05) is 6.07 Å². The molecule has 4 rings (SSSR count). The van der Waals surface area contributed by atoms with E-state index in [4.69, 9.17) is 4.42 Å². The number of piperidine rings is 1. The van der Waals surface area contributed by atoms with Crippen LogP contribution in [0.1, 0.15) is 60.5 Å². The average molecular weight is 440 g/mol. The van der Waals surface area contributed by atoms with E-state index in [1.165, 1.54) is 18.9 Å². The fourth-order valence-corrected chi connectivity index (χ4v) is 4.83. The predicted molar refractivity (Wildman–Crippen MR) is 120 cm³/mol. The molecule has 1 aromatic heterocycles. The van der Waals surface area contributed by atoms with Crippen LogP contribution in [0.3, 0.4) is 0 Å². The SMILES string of the molecule is COC(=O)c1coc(CCCN2CCC(CN(C(C)=O)C3CC3c3ccccc3)CC2)n1. The molecule has 1 amide bonds. The number of hydrogen-bond acceptors (Lipinski definition) is 6. The number of ether oxygens (including phenoxy) is 1. The molecule has 0 radical (unpaired) electrons. The molecular formula is C25H33N3O4. The largest absolute Gasteiger partial charge is 0.464 e. The molecule has 2 aromatic rings. The van der Waals surface area contributed by atoms with Crippen LogP contribution in [0.2, 0.25) is 0 Å². The van der Waals surface area contributed by atoms with Gasteiger partial charge < -0.3 is 19.0 Å². The highest BCUT2D eigenvalue weighted by Gasteiger charge is 2.44. The average Bonchev–Trinajstić information content (AvgIpc) is 3.47. The van der Waals surface area contributed by atoms with Crippen molar-refractivity contribution in [3.8, 4) is 0 Å². The number of aryl methyl sites for hydroxylation is 1. The Hall–Kier alpha value is -2.67. The van der Waals surface area contributed by atoms with Gasteiger partial charge in [-0.05, 0) is 56.8 Å². The number of aromatic nitrogens is 1. The number of nitrogens with zero attached hydrogens (tertiary/aromatic N) is 3. The third kappa shape index (κ3) is 5.57. The minimum Gasteiger partial charge on any atom is -0.464 e. The first-order chi connectivity index (χ1) is 15.5. The monoisotopic (exact) mass is 439 g/mol. The number of methoxy groups -OCH3 is 1. The summed E-state index contributed by atoms with van der Waals surface area (Å²) in [5, 5.41) is 0.